The highest BCUT2D eigenvalue weighted by molar-refractivity contribution is 5.81. The Hall–Kier alpha value is -0.570. The van der Waals surface area contributed by atoms with Gasteiger partial charge in [0.25, 0.3) is 0 Å². The second kappa shape index (κ2) is 5.82. The van der Waals surface area contributed by atoms with Gasteiger partial charge in [0.2, 0.25) is 5.91 Å². The lowest BCUT2D eigenvalue weighted by molar-refractivity contribution is -0.129. The molecule has 0 aromatic carbocycles. The first-order valence-corrected chi connectivity index (χ1v) is 7.97. The summed E-state index contributed by atoms with van der Waals surface area (Å²) in [5, 5.41) is 3.25. The Morgan fingerprint density at radius 1 is 1.32 bits per heavy atom. The molecule has 19 heavy (non-hydrogen) atoms. The summed E-state index contributed by atoms with van der Waals surface area (Å²) in [6.45, 7) is 10.5. The van der Waals surface area contributed by atoms with Crippen LogP contribution in [0.25, 0.3) is 0 Å². The molecule has 1 aliphatic heterocycles. The topological polar surface area (TPSA) is 32.3 Å². The van der Waals surface area contributed by atoms with Crippen molar-refractivity contribution in [3.63, 3.8) is 0 Å². The van der Waals surface area contributed by atoms with Crippen LogP contribution >= 0.6 is 0 Å². The SMILES string of the molecule is CCC(C1CC1)N1CCCC(NC(=O)C(C)(C)C)C1. The first-order valence-electron chi connectivity index (χ1n) is 7.97. The molecule has 1 heterocycles. The summed E-state index contributed by atoms with van der Waals surface area (Å²) in [7, 11) is 0. The molecule has 0 radical (unpaired) electrons. The second-order valence-electron chi connectivity index (χ2n) is 7.37. The van der Waals surface area contributed by atoms with E-state index in [2.05, 4.69) is 17.1 Å². The molecule has 2 rings (SSSR count). The third-order valence-electron chi connectivity index (χ3n) is 4.52. The Balaban J connectivity index is 1.88. The van der Waals surface area contributed by atoms with Gasteiger partial charge in [0.1, 0.15) is 0 Å². The van der Waals surface area contributed by atoms with Crippen LogP contribution in [0, 0.1) is 11.3 Å². The molecule has 1 N–H and O–H groups in total. The highest BCUT2D eigenvalue weighted by Crippen LogP contribution is 2.37. The van der Waals surface area contributed by atoms with Crippen LogP contribution in [-0.2, 0) is 4.79 Å². The van der Waals surface area contributed by atoms with Gasteiger partial charge in [0.05, 0.1) is 0 Å². The molecule has 0 aromatic heterocycles. The molecule has 110 valence electrons. The Kier molecular flexibility index (Phi) is 4.54. The van der Waals surface area contributed by atoms with E-state index in [1.165, 1.54) is 32.2 Å². The molecule has 3 heteroatoms. The fourth-order valence-corrected chi connectivity index (χ4v) is 3.20. The van der Waals surface area contributed by atoms with Crippen LogP contribution in [0.4, 0.5) is 0 Å². The van der Waals surface area contributed by atoms with Gasteiger partial charge in [0.15, 0.2) is 0 Å². The van der Waals surface area contributed by atoms with Crippen molar-refractivity contribution >= 4 is 5.91 Å². The van der Waals surface area contributed by atoms with E-state index in [-0.39, 0.29) is 11.3 Å². The largest absolute Gasteiger partial charge is 0.352 e. The van der Waals surface area contributed by atoms with Crippen LogP contribution in [0.2, 0.25) is 0 Å². The van der Waals surface area contributed by atoms with Crippen molar-refractivity contribution < 1.29 is 4.79 Å². The molecular weight excluding hydrogens is 236 g/mol. The monoisotopic (exact) mass is 266 g/mol. The minimum absolute atomic E-state index is 0.193. The van der Waals surface area contributed by atoms with E-state index >= 15 is 0 Å². The molecule has 1 aliphatic carbocycles. The maximum Gasteiger partial charge on any atom is 0.225 e. The lowest BCUT2D eigenvalue weighted by atomic mass is 9.94. The predicted octanol–water partition coefficient (Wildman–Crippen LogP) is 2.80. The molecule has 1 saturated heterocycles. The fraction of sp³-hybridized carbons (Fsp3) is 0.938. The van der Waals surface area contributed by atoms with E-state index in [1.54, 1.807) is 0 Å². The van der Waals surface area contributed by atoms with Gasteiger partial charge in [-0.25, -0.2) is 0 Å². The van der Waals surface area contributed by atoms with Gasteiger partial charge in [-0.2, -0.15) is 0 Å². The van der Waals surface area contributed by atoms with Crippen molar-refractivity contribution in [1.82, 2.24) is 10.2 Å². The number of likely N-dealkylation sites (tertiary alicyclic amines) is 1. The minimum atomic E-state index is -0.275. The maximum atomic E-state index is 12.1. The average molecular weight is 266 g/mol. The molecule has 0 aromatic rings. The maximum absolute atomic E-state index is 12.1. The number of piperidine rings is 1. The van der Waals surface area contributed by atoms with Crippen LogP contribution in [0.3, 0.4) is 0 Å². The average Bonchev–Trinajstić information content (AvgIpc) is 3.14. The Morgan fingerprint density at radius 2 is 2.00 bits per heavy atom. The van der Waals surface area contributed by atoms with E-state index in [1.807, 2.05) is 20.8 Å². The molecule has 0 bridgehead atoms. The van der Waals surface area contributed by atoms with E-state index in [0.29, 0.717) is 6.04 Å². The number of nitrogens with one attached hydrogen (secondary N) is 1. The highest BCUT2D eigenvalue weighted by Gasteiger charge is 2.36. The fourth-order valence-electron chi connectivity index (χ4n) is 3.20. The first kappa shape index (κ1) is 14.8. The highest BCUT2D eigenvalue weighted by atomic mass is 16.2. The van der Waals surface area contributed by atoms with Crippen molar-refractivity contribution in [3.8, 4) is 0 Å². The van der Waals surface area contributed by atoms with Crippen molar-refractivity contribution in [1.29, 1.82) is 0 Å². The van der Waals surface area contributed by atoms with Crippen LogP contribution in [0.15, 0.2) is 0 Å². The zero-order chi connectivity index (χ0) is 14.0. The van der Waals surface area contributed by atoms with E-state index < -0.39 is 0 Å². The van der Waals surface area contributed by atoms with Crippen LogP contribution in [0.1, 0.15) is 59.8 Å². The van der Waals surface area contributed by atoms with Crippen molar-refractivity contribution in [3.05, 3.63) is 0 Å². The third-order valence-corrected chi connectivity index (χ3v) is 4.52. The molecule has 0 spiro atoms. The molecule has 2 fully saturated rings. The summed E-state index contributed by atoms with van der Waals surface area (Å²) in [6.07, 6.45) is 6.43. The summed E-state index contributed by atoms with van der Waals surface area (Å²) < 4.78 is 0. The predicted molar refractivity (Wildman–Crippen MR) is 79.0 cm³/mol. The lowest BCUT2D eigenvalue weighted by Gasteiger charge is -2.39. The molecule has 2 atom stereocenters. The quantitative estimate of drug-likeness (QED) is 0.848. The first-order chi connectivity index (χ1) is 8.91. The summed E-state index contributed by atoms with van der Waals surface area (Å²) >= 11 is 0. The number of carbonyl (C=O) groups is 1. The van der Waals surface area contributed by atoms with Gasteiger partial charge in [0, 0.05) is 24.0 Å². The summed E-state index contributed by atoms with van der Waals surface area (Å²) in [5.74, 6) is 1.13. The molecule has 1 saturated carbocycles. The number of rotatable bonds is 4. The third kappa shape index (κ3) is 3.95. The number of nitrogens with zero attached hydrogens (tertiary/aromatic N) is 1. The summed E-state index contributed by atoms with van der Waals surface area (Å²) in [4.78, 5) is 14.7. The van der Waals surface area contributed by atoms with Gasteiger partial charge < -0.3 is 5.32 Å². The van der Waals surface area contributed by atoms with Gasteiger partial charge in [-0.1, -0.05) is 27.7 Å². The summed E-state index contributed by atoms with van der Waals surface area (Å²) in [6, 6.07) is 1.11. The van der Waals surface area contributed by atoms with E-state index in [4.69, 9.17) is 0 Å². The standard InChI is InChI=1S/C16H30N2O/c1-5-14(12-8-9-12)18-10-6-7-13(11-18)17-15(19)16(2,3)4/h12-14H,5-11H2,1-4H3,(H,17,19). The molecule has 2 unspecified atom stereocenters. The van der Waals surface area contributed by atoms with Crippen molar-refractivity contribution in [2.45, 2.75) is 71.9 Å². The smallest absolute Gasteiger partial charge is 0.225 e. The molecule has 2 aliphatic rings. The van der Waals surface area contributed by atoms with Crippen LogP contribution in [-0.4, -0.2) is 36.0 Å². The van der Waals surface area contributed by atoms with Gasteiger partial charge in [-0.15, -0.1) is 0 Å². The van der Waals surface area contributed by atoms with Gasteiger partial charge in [-0.3, -0.25) is 9.69 Å². The Labute approximate surface area is 118 Å². The van der Waals surface area contributed by atoms with E-state index in [0.717, 1.165) is 24.9 Å². The minimum Gasteiger partial charge on any atom is -0.352 e. The van der Waals surface area contributed by atoms with Gasteiger partial charge in [-0.05, 0) is 44.6 Å². The van der Waals surface area contributed by atoms with Crippen molar-refractivity contribution in [2.24, 2.45) is 11.3 Å². The lowest BCUT2D eigenvalue weighted by Crippen LogP contribution is -2.53. The number of hydrogen-bond acceptors (Lipinski definition) is 2. The Bertz CT molecular complexity index is 317. The Morgan fingerprint density at radius 3 is 2.53 bits per heavy atom. The van der Waals surface area contributed by atoms with Gasteiger partial charge >= 0.3 is 0 Å². The molecular formula is C16H30N2O. The summed E-state index contributed by atoms with van der Waals surface area (Å²) in [5.41, 5.74) is -0.275. The number of carbonyl (C=O) groups excluding carboxylic acids is 1. The molecule has 3 nitrogen and oxygen atoms in total. The molecule has 1 amide bonds. The normalized spacial score (nSPS) is 27.1. The zero-order valence-corrected chi connectivity index (χ0v) is 13.0. The number of hydrogen-bond donors (Lipinski definition) is 1. The van der Waals surface area contributed by atoms with Crippen LogP contribution < -0.4 is 5.32 Å². The van der Waals surface area contributed by atoms with E-state index in [9.17, 15) is 4.79 Å². The number of amides is 1. The van der Waals surface area contributed by atoms with Crippen molar-refractivity contribution in [2.75, 3.05) is 13.1 Å². The zero-order valence-electron chi connectivity index (χ0n) is 13.0. The van der Waals surface area contributed by atoms with Crippen LogP contribution in [0.5, 0.6) is 0 Å². The second-order valence-corrected chi connectivity index (χ2v) is 7.37.